The van der Waals surface area contributed by atoms with Gasteiger partial charge in [0.1, 0.15) is 10.6 Å². The lowest BCUT2D eigenvalue weighted by molar-refractivity contribution is -0.122. The highest BCUT2D eigenvalue weighted by atomic mass is 32.2. The molecule has 1 aliphatic heterocycles. The van der Waals surface area contributed by atoms with Gasteiger partial charge in [0.25, 0.3) is 5.91 Å². The molecule has 0 bridgehead atoms. The number of thioether (sulfide) groups is 1. The molecule has 1 amide bonds. The molecule has 1 atom stereocenters. The van der Waals surface area contributed by atoms with Crippen LogP contribution in [-0.2, 0) is 16.0 Å². The van der Waals surface area contributed by atoms with E-state index >= 15 is 0 Å². The summed E-state index contributed by atoms with van der Waals surface area (Å²) in [5, 5.41) is 0.658. The lowest BCUT2D eigenvalue weighted by Gasteiger charge is -2.28. The first-order chi connectivity index (χ1) is 9.49. The maximum Gasteiger partial charge on any atom is 0.265 e. The van der Waals surface area contributed by atoms with Gasteiger partial charge in [-0.3, -0.25) is 4.79 Å². The molecule has 0 saturated heterocycles. The van der Waals surface area contributed by atoms with E-state index < -0.39 is 4.75 Å². The maximum atomic E-state index is 13.7. The number of hydrogen-bond donors (Lipinski definition) is 0. The average Bonchev–Trinajstić information content (AvgIpc) is 2.70. The van der Waals surface area contributed by atoms with Crippen molar-refractivity contribution in [3.63, 3.8) is 0 Å². The minimum atomic E-state index is -0.671. The normalized spacial score (nSPS) is 22.4. The fourth-order valence-electron chi connectivity index (χ4n) is 2.20. The molecule has 1 unspecified atom stereocenters. The molecule has 108 valence electrons. The van der Waals surface area contributed by atoms with Crippen molar-refractivity contribution in [2.75, 3.05) is 13.7 Å². The van der Waals surface area contributed by atoms with E-state index in [1.54, 1.807) is 25.3 Å². The number of halogens is 1. The summed E-state index contributed by atoms with van der Waals surface area (Å²) in [6.07, 6.45) is 0.348. The molecule has 2 rings (SSSR count). The van der Waals surface area contributed by atoms with Gasteiger partial charge >= 0.3 is 0 Å². The predicted octanol–water partition coefficient (Wildman–Crippen LogP) is 3.08. The second-order valence-electron chi connectivity index (χ2n) is 5.16. The monoisotopic (exact) mass is 295 g/mol. The van der Waals surface area contributed by atoms with Crippen LogP contribution in [-0.4, -0.2) is 29.4 Å². The van der Waals surface area contributed by atoms with Crippen molar-refractivity contribution in [3.05, 3.63) is 35.6 Å². The molecule has 0 aliphatic carbocycles. The maximum absolute atomic E-state index is 13.7. The topological polar surface area (TPSA) is 38.7 Å². The molecule has 0 fully saturated rings. The van der Waals surface area contributed by atoms with Crippen molar-refractivity contribution >= 4 is 22.7 Å². The summed E-state index contributed by atoms with van der Waals surface area (Å²) in [6, 6.07) is 6.57. The first kappa shape index (κ1) is 15.2. The van der Waals surface area contributed by atoms with Gasteiger partial charge in [0.2, 0.25) is 0 Å². The SMILES string of the molecule is COCC1(C(C)C)SC(Cc2ccccc2F)=NC1=O. The van der Waals surface area contributed by atoms with E-state index in [-0.39, 0.29) is 17.6 Å². The summed E-state index contributed by atoms with van der Waals surface area (Å²) in [5.41, 5.74) is 0.559. The number of carbonyl (C=O) groups excluding carboxylic acids is 1. The molecule has 1 heterocycles. The van der Waals surface area contributed by atoms with E-state index in [9.17, 15) is 9.18 Å². The third-order valence-electron chi connectivity index (χ3n) is 3.48. The van der Waals surface area contributed by atoms with Gasteiger partial charge in [-0.05, 0) is 17.5 Å². The van der Waals surface area contributed by atoms with Crippen LogP contribution in [0, 0.1) is 11.7 Å². The van der Waals surface area contributed by atoms with Crippen molar-refractivity contribution in [2.45, 2.75) is 25.0 Å². The Hall–Kier alpha value is -1.20. The number of benzene rings is 1. The number of carbonyl (C=O) groups is 1. The minimum Gasteiger partial charge on any atom is -0.383 e. The number of nitrogens with zero attached hydrogens (tertiary/aromatic N) is 1. The van der Waals surface area contributed by atoms with Gasteiger partial charge in [0.05, 0.1) is 11.7 Å². The van der Waals surface area contributed by atoms with Crippen LogP contribution in [0.15, 0.2) is 29.3 Å². The highest BCUT2D eigenvalue weighted by molar-refractivity contribution is 8.16. The summed E-state index contributed by atoms with van der Waals surface area (Å²) in [4.78, 5) is 16.3. The van der Waals surface area contributed by atoms with Gasteiger partial charge in [-0.2, -0.15) is 0 Å². The first-order valence-electron chi connectivity index (χ1n) is 6.53. The van der Waals surface area contributed by atoms with Crippen LogP contribution in [0.1, 0.15) is 19.4 Å². The third-order valence-corrected chi connectivity index (χ3v) is 5.08. The van der Waals surface area contributed by atoms with Crippen molar-refractivity contribution < 1.29 is 13.9 Å². The standard InChI is InChI=1S/C15H18FNO2S/c1-10(2)15(9-19-3)14(18)17-13(20-15)8-11-6-4-5-7-12(11)16/h4-7,10H,8-9H2,1-3H3. The molecule has 5 heteroatoms. The first-order valence-corrected chi connectivity index (χ1v) is 7.34. The predicted molar refractivity (Wildman–Crippen MR) is 79.6 cm³/mol. The van der Waals surface area contributed by atoms with E-state index in [0.717, 1.165) is 0 Å². The van der Waals surface area contributed by atoms with Crippen LogP contribution < -0.4 is 0 Å². The number of rotatable bonds is 5. The van der Waals surface area contributed by atoms with Gasteiger partial charge in [0.15, 0.2) is 0 Å². The number of methoxy groups -OCH3 is 1. The van der Waals surface area contributed by atoms with Gasteiger partial charge in [-0.1, -0.05) is 43.8 Å². The number of amides is 1. The largest absolute Gasteiger partial charge is 0.383 e. The molecule has 3 nitrogen and oxygen atoms in total. The van der Waals surface area contributed by atoms with Crippen molar-refractivity contribution in [1.29, 1.82) is 0 Å². The van der Waals surface area contributed by atoms with Crippen LogP contribution in [0.3, 0.4) is 0 Å². The van der Waals surface area contributed by atoms with Crippen LogP contribution in [0.25, 0.3) is 0 Å². The summed E-state index contributed by atoms with van der Waals surface area (Å²) >= 11 is 1.41. The highest BCUT2D eigenvalue weighted by Gasteiger charge is 2.47. The summed E-state index contributed by atoms with van der Waals surface area (Å²) < 4.78 is 18.2. The quantitative estimate of drug-likeness (QED) is 0.838. The zero-order chi connectivity index (χ0) is 14.8. The molecule has 1 aliphatic rings. The van der Waals surface area contributed by atoms with E-state index in [0.29, 0.717) is 23.6 Å². The Morgan fingerprint density at radius 1 is 1.40 bits per heavy atom. The molecular weight excluding hydrogens is 277 g/mol. The number of aliphatic imine (C=N–C) groups is 1. The Morgan fingerprint density at radius 3 is 2.70 bits per heavy atom. The molecule has 1 aromatic rings. The molecular formula is C15H18FNO2S. The Bertz CT molecular complexity index is 544. The van der Waals surface area contributed by atoms with Gasteiger partial charge in [-0.15, -0.1) is 0 Å². The van der Waals surface area contributed by atoms with E-state index in [1.165, 1.54) is 17.8 Å². The van der Waals surface area contributed by atoms with Crippen LogP contribution >= 0.6 is 11.8 Å². The molecule has 20 heavy (non-hydrogen) atoms. The van der Waals surface area contributed by atoms with Crippen molar-refractivity contribution in [2.24, 2.45) is 10.9 Å². The molecule has 0 N–H and O–H groups in total. The van der Waals surface area contributed by atoms with Crippen LogP contribution in [0.5, 0.6) is 0 Å². The van der Waals surface area contributed by atoms with Gasteiger partial charge in [-0.25, -0.2) is 9.38 Å². The summed E-state index contributed by atoms with van der Waals surface area (Å²) in [5.74, 6) is -0.343. The van der Waals surface area contributed by atoms with Crippen LogP contribution in [0.4, 0.5) is 4.39 Å². The van der Waals surface area contributed by atoms with Gasteiger partial charge in [0, 0.05) is 13.5 Å². The minimum absolute atomic E-state index is 0.0989. The zero-order valence-electron chi connectivity index (χ0n) is 11.9. The Balaban J connectivity index is 2.19. The fraction of sp³-hybridized carbons (Fsp3) is 0.467. The number of hydrogen-bond acceptors (Lipinski definition) is 3. The summed E-state index contributed by atoms with van der Waals surface area (Å²) in [6.45, 7) is 4.27. The molecule has 0 radical (unpaired) electrons. The average molecular weight is 295 g/mol. The lowest BCUT2D eigenvalue weighted by atomic mass is 9.95. The van der Waals surface area contributed by atoms with Crippen molar-refractivity contribution in [3.8, 4) is 0 Å². The van der Waals surface area contributed by atoms with E-state index in [1.807, 2.05) is 13.8 Å². The smallest absolute Gasteiger partial charge is 0.265 e. The second-order valence-corrected chi connectivity index (χ2v) is 6.56. The fourth-order valence-corrected chi connectivity index (χ4v) is 3.52. The molecule has 1 aromatic carbocycles. The molecule has 0 saturated carbocycles. The zero-order valence-corrected chi connectivity index (χ0v) is 12.7. The Kier molecular flexibility index (Phi) is 4.60. The van der Waals surface area contributed by atoms with Gasteiger partial charge < -0.3 is 4.74 Å². The lowest BCUT2D eigenvalue weighted by Crippen LogP contribution is -2.41. The summed E-state index contributed by atoms with van der Waals surface area (Å²) in [7, 11) is 1.58. The highest BCUT2D eigenvalue weighted by Crippen LogP contribution is 2.41. The molecule has 0 spiro atoms. The third kappa shape index (κ3) is 2.79. The van der Waals surface area contributed by atoms with E-state index in [2.05, 4.69) is 4.99 Å². The number of ether oxygens (including phenoxy) is 1. The van der Waals surface area contributed by atoms with E-state index in [4.69, 9.17) is 4.74 Å². The van der Waals surface area contributed by atoms with Crippen LogP contribution in [0.2, 0.25) is 0 Å². The van der Waals surface area contributed by atoms with Crippen molar-refractivity contribution in [1.82, 2.24) is 0 Å². The second kappa shape index (κ2) is 6.06. The Labute approximate surface area is 122 Å². The molecule has 0 aromatic heterocycles. The Morgan fingerprint density at radius 2 is 2.10 bits per heavy atom.